The van der Waals surface area contributed by atoms with Crippen molar-refractivity contribution in [3.63, 3.8) is 0 Å². The zero-order chi connectivity index (χ0) is 18.3. The summed E-state index contributed by atoms with van der Waals surface area (Å²) in [5.41, 5.74) is 0.664. The molecule has 0 aliphatic heterocycles. The van der Waals surface area contributed by atoms with E-state index in [0.29, 0.717) is 5.56 Å². The molecule has 9 heteroatoms. The Balaban J connectivity index is 2.17. The van der Waals surface area contributed by atoms with Crippen molar-refractivity contribution >= 4 is 16.0 Å². The van der Waals surface area contributed by atoms with E-state index in [1.54, 1.807) is 24.3 Å². The van der Waals surface area contributed by atoms with Crippen LogP contribution in [0.25, 0.3) is 0 Å². The van der Waals surface area contributed by atoms with Gasteiger partial charge < -0.3 is 13.9 Å². The minimum Gasteiger partial charge on any atom is -0.464 e. The molecule has 0 atom stereocenters. The smallest absolute Gasteiger partial charge is 0.360 e. The Hall–Kier alpha value is -2.23. The molecule has 8 nitrogen and oxygen atoms in total. The molecule has 1 heterocycles. The van der Waals surface area contributed by atoms with Crippen molar-refractivity contribution in [1.82, 2.24) is 9.29 Å². The highest BCUT2D eigenvalue weighted by molar-refractivity contribution is 7.88. The van der Waals surface area contributed by atoms with Gasteiger partial charge in [-0.05, 0) is 5.56 Å². The first kappa shape index (κ1) is 19.1. The van der Waals surface area contributed by atoms with Crippen molar-refractivity contribution < 1.29 is 27.1 Å². The number of hydrogen-bond donors (Lipinski definition) is 0. The number of sulfonamides is 1. The molecule has 0 unspecified atom stereocenters. The van der Waals surface area contributed by atoms with E-state index in [0.717, 1.165) is 6.26 Å². The average molecular weight is 368 g/mol. The second kappa shape index (κ2) is 8.75. The van der Waals surface area contributed by atoms with Crippen molar-refractivity contribution in [3.8, 4) is 0 Å². The molecule has 0 bridgehead atoms. The van der Waals surface area contributed by atoms with E-state index in [1.807, 2.05) is 6.07 Å². The lowest BCUT2D eigenvalue weighted by molar-refractivity contribution is 0.0594. The van der Waals surface area contributed by atoms with Crippen molar-refractivity contribution in [2.45, 2.75) is 12.3 Å². The second-order valence-electron chi connectivity index (χ2n) is 5.19. The fraction of sp³-hybridized carbons (Fsp3) is 0.375. The second-order valence-corrected chi connectivity index (χ2v) is 7.16. The van der Waals surface area contributed by atoms with Gasteiger partial charge in [0.1, 0.15) is 6.26 Å². The maximum atomic E-state index is 12.7. The van der Waals surface area contributed by atoms with Crippen LogP contribution in [0.15, 0.2) is 41.0 Å². The quantitative estimate of drug-likeness (QED) is 0.618. The zero-order valence-corrected chi connectivity index (χ0v) is 14.9. The van der Waals surface area contributed by atoms with Gasteiger partial charge in [-0.1, -0.05) is 30.3 Å². The standard InChI is InChI=1S/C16H20N2O6S/c1-22-9-8-18(10-15-17-14(11-24-15)16(19)23-2)25(20,21)12-13-6-4-3-5-7-13/h3-7,11H,8-10,12H2,1-2H3. The molecule has 0 aliphatic carbocycles. The van der Waals surface area contributed by atoms with Gasteiger partial charge in [0, 0.05) is 13.7 Å². The number of hydrogen-bond acceptors (Lipinski definition) is 7. The summed E-state index contributed by atoms with van der Waals surface area (Å²) in [4.78, 5) is 15.4. The summed E-state index contributed by atoms with van der Waals surface area (Å²) in [6.45, 7) is 0.260. The normalized spacial score (nSPS) is 11.6. The van der Waals surface area contributed by atoms with Crippen molar-refractivity contribution in [3.05, 3.63) is 53.7 Å². The fourth-order valence-electron chi connectivity index (χ4n) is 2.12. The molecule has 0 saturated heterocycles. The third-order valence-corrected chi connectivity index (χ3v) is 5.18. The Labute approximate surface area is 146 Å². The highest BCUT2D eigenvalue weighted by Crippen LogP contribution is 2.15. The first-order valence-electron chi connectivity index (χ1n) is 7.49. The predicted molar refractivity (Wildman–Crippen MR) is 89.2 cm³/mol. The van der Waals surface area contributed by atoms with Crippen LogP contribution in [0, 0.1) is 0 Å². The van der Waals surface area contributed by atoms with Gasteiger partial charge in [0.25, 0.3) is 0 Å². The number of oxazole rings is 1. The number of esters is 1. The summed E-state index contributed by atoms with van der Waals surface area (Å²) in [6, 6.07) is 8.86. The number of aromatic nitrogens is 1. The molecule has 1 aromatic heterocycles. The summed E-state index contributed by atoms with van der Waals surface area (Å²) in [5, 5.41) is 0. The van der Waals surface area contributed by atoms with Crippen LogP contribution < -0.4 is 0 Å². The van der Waals surface area contributed by atoms with Crippen molar-refractivity contribution in [2.75, 3.05) is 27.4 Å². The van der Waals surface area contributed by atoms with Crippen LogP contribution in [0.5, 0.6) is 0 Å². The minimum atomic E-state index is -3.63. The SMILES string of the molecule is COCCN(Cc1nc(C(=O)OC)co1)S(=O)(=O)Cc1ccccc1. The van der Waals surface area contributed by atoms with Crippen LogP contribution in [-0.2, 0) is 31.8 Å². The molecular formula is C16H20N2O6S. The molecule has 0 spiro atoms. The Morgan fingerprint density at radius 2 is 1.96 bits per heavy atom. The number of ether oxygens (including phenoxy) is 2. The van der Waals surface area contributed by atoms with Crippen molar-refractivity contribution in [2.24, 2.45) is 0 Å². The number of nitrogens with zero attached hydrogens (tertiary/aromatic N) is 2. The van der Waals surface area contributed by atoms with Crippen LogP contribution in [0.4, 0.5) is 0 Å². The molecule has 0 aliphatic rings. The maximum absolute atomic E-state index is 12.7. The minimum absolute atomic E-state index is 0.00958. The highest BCUT2D eigenvalue weighted by atomic mass is 32.2. The third kappa shape index (κ3) is 5.38. The van der Waals surface area contributed by atoms with Gasteiger partial charge in [0.2, 0.25) is 15.9 Å². The maximum Gasteiger partial charge on any atom is 0.360 e. The Morgan fingerprint density at radius 3 is 2.60 bits per heavy atom. The summed E-state index contributed by atoms with van der Waals surface area (Å²) in [7, 11) is -0.909. The van der Waals surface area contributed by atoms with E-state index in [2.05, 4.69) is 9.72 Å². The van der Waals surface area contributed by atoms with E-state index in [9.17, 15) is 13.2 Å². The summed E-state index contributed by atoms with van der Waals surface area (Å²) < 4.78 is 41.4. The molecule has 0 fully saturated rings. The molecule has 25 heavy (non-hydrogen) atoms. The summed E-state index contributed by atoms with van der Waals surface area (Å²) in [6.07, 6.45) is 1.14. The van der Waals surface area contributed by atoms with Crippen molar-refractivity contribution in [1.29, 1.82) is 0 Å². The Kier molecular flexibility index (Phi) is 6.68. The average Bonchev–Trinajstić information content (AvgIpc) is 3.07. The van der Waals surface area contributed by atoms with Gasteiger partial charge in [-0.3, -0.25) is 0 Å². The molecule has 1 aromatic carbocycles. The lowest BCUT2D eigenvalue weighted by Crippen LogP contribution is -2.34. The molecule has 2 rings (SSSR count). The van der Waals surface area contributed by atoms with Crippen LogP contribution >= 0.6 is 0 Å². The van der Waals surface area contributed by atoms with E-state index in [-0.39, 0.29) is 37.0 Å². The van der Waals surface area contributed by atoms with Gasteiger partial charge in [-0.2, -0.15) is 4.31 Å². The molecule has 2 aromatic rings. The first-order chi connectivity index (χ1) is 12.0. The fourth-order valence-corrected chi connectivity index (χ4v) is 3.57. The first-order valence-corrected chi connectivity index (χ1v) is 9.10. The lowest BCUT2D eigenvalue weighted by atomic mass is 10.2. The van der Waals surface area contributed by atoms with Gasteiger partial charge in [-0.15, -0.1) is 0 Å². The van der Waals surface area contributed by atoms with Crippen LogP contribution in [0.2, 0.25) is 0 Å². The topological polar surface area (TPSA) is 98.9 Å². The van der Waals surface area contributed by atoms with E-state index < -0.39 is 16.0 Å². The molecule has 0 saturated carbocycles. The van der Waals surface area contributed by atoms with Gasteiger partial charge in [0.05, 0.1) is 26.0 Å². The number of methoxy groups -OCH3 is 2. The zero-order valence-electron chi connectivity index (χ0n) is 14.0. The summed E-state index contributed by atoms with van der Waals surface area (Å²) >= 11 is 0. The summed E-state index contributed by atoms with van der Waals surface area (Å²) in [5.74, 6) is -0.694. The predicted octanol–water partition coefficient (Wildman–Crippen LogP) is 1.44. The molecular weight excluding hydrogens is 348 g/mol. The number of benzene rings is 1. The Bertz CT molecular complexity index is 788. The van der Waals surface area contributed by atoms with Crippen LogP contribution in [0.3, 0.4) is 0 Å². The molecule has 136 valence electrons. The number of rotatable bonds is 9. The number of carbonyl (C=O) groups is 1. The van der Waals surface area contributed by atoms with Gasteiger partial charge in [-0.25, -0.2) is 18.2 Å². The number of carbonyl (C=O) groups excluding carboxylic acids is 1. The van der Waals surface area contributed by atoms with Gasteiger partial charge >= 0.3 is 5.97 Å². The molecule has 0 N–H and O–H groups in total. The monoisotopic (exact) mass is 368 g/mol. The third-order valence-electron chi connectivity index (χ3n) is 3.39. The molecule has 0 amide bonds. The van der Waals surface area contributed by atoms with Crippen LogP contribution in [0.1, 0.15) is 21.9 Å². The lowest BCUT2D eigenvalue weighted by Gasteiger charge is -2.20. The Morgan fingerprint density at radius 1 is 1.24 bits per heavy atom. The largest absolute Gasteiger partial charge is 0.464 e. The van der Waals surface area contributed by atoms with E-state index in [4.69, 9.17) is 9.15 Å². The highest BCUT2D eigenvalue weighted by Gasteiger charge is 2.25. The van der Waals surface area contributed by atoms with Crippen LogP contribution in [-0.4, -0.2) is 51.0 Å². The van der Waals surface area contributed by atoms with E-state index in [1.165, 1.54) is 18.5 Å². The molecule has 0 radical (unpaired) electrons. The van der Waals surface area contributed by atoms with Gasteiger partial charge in [0.15, 0.2) is 5.69 Å². The van der Waals surface area contributed by atoms with E-state index >= 15 is 0 Å².